The molecule has 1 saturated heterocycles. The summed E-state index contributed by atoms with van der Waals surface area (Å²) in [6.45, 7) is 4.43. The molecule has 22 heavy (non-hydrogen) atoms. The number of anilines is 1. The van der Waals surface area contributed by atoms with Crippen molar-refractivity contribution in [1.82, 2.24) is 4.90 Å². The monoisotopic (exact) mass is 324 g/mol. The van der Waals surface area contributed by atoms with Crippen LogP contribution in [-0.4, -0.2) is 44.1 Å². The minimum atomic E-state index is 0.419. The van der Waals surface area contributed by atoms with Gasteiger partial charge in [0, 0.05) is 12.2 Å². The van der Waals surface area contributed by atoms with Gasteiger partial charge in [-0.05, 0) is 63.5 Å². The first kappa shape index (κ1) is 16.9. The van der Waals surface area contributed by atoms with Gasteiger partial charge in [0.05, 0.1) is 12.1 Å². The van der Waals surface area contributed by atoms with Crippen molar-refractivity contribution < 1.29 is 4.74 Å². The third-order valence-corrected chi connectivity index (χ3v) is 4.08. The van der Waals surface area contributed by atoms with E-state index in [1.54, 1.807) is 19.2 Å². The van der Waals surface area contributed by atoms with Crippen molar-refractivity contribution in [2.75, 3.05) is 38.6 Å². The molecule has 1 aromatic rings. The molecule has 0 unspecified atom stereocenters. The zero-order valence-electron chi connectivity index (χ0n) is 13.1. The molecule has 0 radical (unpaired) electrons. The number of guanidine groups is 1. The molecule has 1 fully saturated rings. The van der Waals surface area contributed by atoms with Gasteiger partial charge in [0.15, 0.2) is 5.96 Å². The van der Waals surface area contributed by atoms with Crippen LogP contribution >= 0.6 is 11.6 Å². The molecule has 1 aliphatic rings. The number of nitrogens with one attached hydrogen (secondary N) is 1. The average Bonchev–Trinajstić information content (AvgIpc) is 3.00. The fourth-order valence-electron chi connectivity index (χ4n) is 2.58. The molecule has 0 atom stereocenters. The first-order valence-electron chi connectivity index (χ1n) is 7.82. The third-order valence-electron chi connectivity index (χ3n) is 3.79. The van der Waals surface area contributed by atoms with E-state index in [4.69, 9.17) is 22.1 Å². The van der Waals surface area contributed by atoms with Crippen molar-refractivity contribution >= 4 is 23.2 Å². The molecule has 0 bridgehead atoms. The zero-order valence-corrected chi connectivity index (χ0v) is 13.9. The molecule has 0 aromatic heterocycles. The highest BCUT2D eigenvalue weighted by Gasteiger charge is 2.09. The van der Waals surface area contributed by atoms with E-state index < -0.39 is 0 Å². The summed E-state index contributed by atoms with van der Waals surface area (Å²) in [7, 11) is 1.59. The molecule has 1 aromatic carbocycles. The van der Waals surface area contributed by atoms with E-state index in [-0.39, 0.29) is 0 Å². The van der Waals surface area contributed by atoms with Crippen LogP contribution in [0.3, 0.4) is 0 Å². The Morgan fingerprint density at radius 2 is 2.14 bits per heavy atom. The van der Waals surface area contributed by atoms with Crippen molar-refractivity contribution in [3.63, 3.8) is 0 Å². The highest BCUT2D eigenvalue weighted by atomic mass is 35.5. The van der Waals surface area contributed by atoms with E-state index in [2.05, 4.69) is 15.2 Å². The SMILES string of the molecule is COc1ccc(NC(N)=NCCCCN2CCCC2)cc1Cl. The maximum Gasteiger partial charge on any atom is 0.193 e. The molecule has 0 spiro atoms. The van der Waals surface area contributed by atoms with Gasteiger partial charge in [-0.15, -0.1) is 0 Å². The molecule has 5 nitrogen and oxygen atoms in total. The van der Waals surface area contributed by atoms with Crippen LogP contribution in [0.5, 0.6) is 5.75 Å². The standard InChI is InChI=1S/C16H25ClN4O/c1-22-15-7-6-13(12-14(15)17)20-16(18)19-8-2-3-9-21-10-4-5-11-21/h6-7,12H,2-5,8-11H2,1H3,(H3,18,19,20). The first-order chi connectivity index (χ1) is 10.7. The topological polar surface area (TPSA) is 62.9 Å². The maximum absolute atomic E-state index is 6.07. The lowest BCUT2D eigenvalue weighted by Crippen LogP contribution is -2.23. The van der Waals surface area contributed by atoms with Crippen LogP contribution in [0.15, 0.2) is 23.2 Å². The highest BCUT2D eigenvalue weighted by Crippen LogP contribution is 2.26. The number of aliphatic imine (C=N–C) groups is 1. The fraction of sp³-hybridized carbons (Fsp3) is 0.562. The lowest BCUT2D eigenvalue weighted by Gasteiger charge is -2.13. The smallest absolute Gasteiger partial charge is 0.193 e. The molecular weight excluding hydrogens is 300 g/mol. The largest absolute Gasteiger partial charge is 0.495 e. The van der Waals surface area contributed by atoms with E-state index in [9.17, 15) is 0 Å². The number of hydrogen-bond acceptors (Lipinski definition) is 3. The second-order valence-electron chi connectivity index (χ2n) is 5.50. The Balaban J connectivity index is 1.69. The van der Waals surface area contributed by atoms with Crippen molar-refractivity contribution in [2.45, 2.75) is 25.7 Å². The van der Waals surface area contributed by atoms with Gasteiger partial charge in [0.1, 0.15) is 5.75 Å². The predicted molar refractivity (Wildman–Crippen MR) is 93.0 cm³/mol. The van der Waals surface area contributed by atoms with Gasteiger partial charge < -0.3 is 20.7 Å². The summed E-state index contributed by atoms with van der Waals surface area (Å²) in [6, 6.07) is 5.44. The van der Waals surface area contributed by atoms with Crippen LogP contribution in [0.2, 0.25) is 5.02 Å². The Morgan fingerprint density at radius 3 is 2.82 bits per heavy atom. The van der Waals surface area contributed by atoms with Gasteiger partial charge in [-0.25, -0.2) is 0 Å². The fourth-order valence-corrected chi connectivity index (χ4v) is 2.84. The lowest BCUT2D eigenvalue weighted by molar-refractivity contribution is 0.331. The first-order valence-corrected chi connectivity index (χ1v) is 8.19. The number of ether oxygens (including phenoxy) is 1. The molecular formula is C16H25ClN4O. The number of hydrogen-bond donors (Lipinski definition) is 2. The van der Waals surface area contributed by atoms with Crippen molar-refractivity contribution in [3.05, 3.63) is 23.2 Å². The molecule has 122 valence electrons. The molecule has 1 heterocycles. The summed E-state index contributed by atoms with van der Waals surface area (Å²) in [5.74, 6) is 1.06. The molecule has 2 rings (SSSR count). The number of likely N-dealkylation sites (tertiary alicyclic amines) is 1. The molecule has 0 saturated carbocycles. The predicted octanol–water partition coefficient (Wildman–Crippen LogP) is 2.95. The Labute approximate surface area is 137 Å². The zero-order chi connectivity index (χ0) is 15.8. The van der Waals surface area contributed by atoms with Gasteiger partial charge in [-0.3, -0.25) is 4.99 Å². The Hall–Kier alpha value is -1.46. The number of rotatable bonds is 7. The summed E-state index contributed by atoms with van der Waals surface area (Å²) in [4.78, 5) is 6.86. The van der Waals surface area contributed by atoms with Crippen LogP contribution in [0, 0.1) is 0 Å². The summed E-state index contributed by atoms with van der Waals surface area (Å²) < 4.78 is 5.11. The molecule has 1 aliphatic heterocycles. The Bertz CT molecular complexity index is 501. The van der Waals surface area contributed by atoms with Crippen LogP contribution in [0.4, 0.5) is 5.69 Å². The lowest BCUT2D eigenvalue weighted by atomic mass is 10.3. The van der Waals surface area contributed by atoms with Crippen LogP contribution in [-0.2, 0) is 0 Å². The number of nitrogens with two attached hydrogens (primary N) is 1. The minimum absolute atomic E-state index is 0.419. The van der Waals surface area contributed by atoms with E-state index in [1.165, 1.54) is 38.9 Å². The number of methoxy groups -OCH3 is 1. The van der Waals surface area contributed by atoms with Crippen molar-refractivity contribution in [1.29, 1.82) is 0 Å². The van der Waals surface area contributed by atoms with Crippen molar-refractivity contribution in [3.8, 4) is 5.75 Å². The summed E-state index contributed by atoms with van der Waals surface area (Å²) in [6.07, 6.45) is 4.92. The maximum atomic E-state index is 6.07. The van der Waals surface area contributed by atoms with Crippen LogP contribution in [0.25, 0.3) is 0 Å². The Morgan fingerprint density at radius 1 is 1.36 bits per heavy atom. The second kappa shape index (κ2) is 8.86. The van der Waals surface area contributed by atoms with Crippen molar-refractivity contribution in [2.24, 2.45) is 10.7 Å². The van der Waals surface area contributed by atoms with Gasteiger partial charge in [-0.2, -0.15) is 0 Å². The van der Waals surface area contributed by atoms with Crippen LogP contribution in [0.1, 0.15) is 25.7 Å². The quantitative estimate of drug-likeness (QED) is 0.460. The average molecular weight is 325 g/mol. The molecule has 6 heteroatoms. The summed E-state index contributed by atoms with van der Waals surface area (Å²) >= 11 is 6.07. The Kier molecular flexibility index (Phi) is 6.80. The van der Waals surface area contributed by atoms with E-state index in [0.29, 0.717) is 16.7 Å². The summed E-state index contributed by atoms with van der Waals surface area (Å²) in [5.41, 5.74) is 6.69. The van der Waals surface area contributed by atoms with Crippen LogP contribution < -0.4 is 15.8 Å². The molecule has 0 amide bonds. The van der Waals surface area contributed by atoms with Gasteiger partial charge in [-0.1, -0.05) is 11.6 Å². The number of unbranched alkanes of at least 4 members (excludes halogenated alkanes) is 1. The molecule has 0 aliphatic carbocycles. The molecule has 3 N–H and O–H groups in total. The number of nitrogens with zero attached hydrogens (tertiary/aromatic N) is 2. The third kappa shape index (κ3) is 5.39. The van der Waals surface area contributed by atoms with Gasteiger partial charge in [0.25, 0.3) is 0 Å². The van der Waals surface area contributed by atoms with Gasteiger partial charge >= 0.3 is 0 Å². The summed E-state index contributed by atoms with van der Waals surface area (Å²) in [5, 5.41) is 3.59. The minimum Gasteiger partial charge on any atom is -0.495 e. The second-order valence-corrected chi connectivity index (χ2v) is 5.90. The van der Waals surface area contributed by atoms with E-state index >= 15 is 0 Å². The number of benzene rings is 1. The highest BCUT2D eigenvalue weighted by molar-refractivity contribution is 6.32. The normalized spacial score (nSPS) is 16.0. The van der Waals surface area contributed by atoms with Gasteiger partial charge in [0.2, 0.25) is 0 Å². The van der Waals surface area contributed by atoms with E-state index in [0.717, 1.165) is 18.7 Å². The van der Waals surface area contributed by atoms with E-state index in [1.807, 2.05) is 6.07 Å². The number of halogens is 1.